The van der Waals surface area contributed by atoms with E-state index >= 15 is 0 Å². The molecule has 0 aromatic heterocycles. The van der Waals surface area contributed by atoms with Gasteiger partial charge in [0, 0.05) is 10.7 Å². The second-order valence-corrected chi connectivity index (χ2v) is 7.88. The molecule has 4 nitrogen and oxygen atoms in total. The number of carboxylic acid groups (broad SMARTS) is 1. The van der Waals surface area contributed by atoms with E-state index in [1.807, 2.05) is 0 Å². The average molecular weight is 374 g/mol. The Morgan fingerprint density at radius 3 is 2.12 bits per heavy atom. The molecule has 0 bridgehead atoms. The Balaban J connectivity index is 4.16. The van der Waals surface area contributed by atoms with Gasteiger partial charge in [-0.3, -0.25) is 4.79 Å². The molecular formula is C20H39NO3S. The molecule has 0 aromatic carbocycles. The highest BCUT2D eigenvalue weighted by atomic mass is 32.2. The van der Waals surface area contributed by atoms with Crippen molar-refractivity contribution in [3.8, 4) is 0 Å². The van der Waals surface area contributed by atoms with Crippen molar-refractivity contribution in [2.45, 2.75) is 103 Å². The minimum atomic E-state index is -0.988. The Morgan fingerprint density at radius 1 is 1.00 bits per heavy atom. The molecule has 0 fully saturated rings. The van der Waals surface area contributed by atoms with Crippen molar-refractivity contribution in [2.24, 2.45) is 5.73 Å². The molecule has 2 atom stereocenters. The summed E-state index contributed by atoms with van der Waals surface area (Å²) in [6.45, 7) is 4.34. The third kappa shape index (κ3) is 14.3. The third-order valence-electron chi connectivity index (χ3n) is 4.31. The summed E-state index contributed by atoms with van der Waals surface area (Å²) in [5.74, 6) is -0.681. The number of thioether (sulfide) groups is 1. The van der Waals surface area contributed by atoms with Gasteiger partial charge in [-0.15, -0.1) is 11.8 Å². The van der Waals surface area contributed by atoms with Gasteiger partial charge in [0.15, 0.2) is 0 Å². The fourth-order valence-electron chi connectivity index (χ4n) is 2.61. The lowest BCUT2D eigenvalue weighted by molar-refractivity contribution is -0.137. The lowest BCUT2D eigenvalue weighted by atomic mass is 10.1. The maximum Gasteiger partial charge on any atom is 0.321 e. The minimum absolute atomic E-state index is 0.307. The Kier molecular flexibility index (Phi) is 16.6. The molecule has 0 spiro atoms. The summed E-state index contributed by atoms with van der Waals surface area (Å²) < 4.78 is 0. The first-order valence-corrected chi connectivity index (χ1v) is 11.0. The highest BCUT2D eigenvalue weighted by molar-refractivity contribution is 8.03. The number of hydrogen-bond donors (Lipinski definition) is 3. The van der Waals surface area contributed by atoms with Crippen LogP contribution in [0.4, 0.5) is 0 Å². The molecule has 0 saturated heterocycles. The molecule has 0 aliphatic heterocycles. The number of hydrogen-bond acceptors (Lipinski definition) is 4. The number of aliphatic hydroxyl groups excluding tert-OH is 1. The van der Waals surface area contributed by atoms with Crippen molar-refractivity contribution < 1.29 is 15.0 Å². The second kappa shape index (κ2) is 16.9. The fraction of sp³-hybridized carbons (Fsp3) is 0.850. The van der Waals surface area contributed by atoms with E-state index in [1.54, 1.807) is 0 Å². The minimum Gasteiger partial charge on any atom is -0.480 e. The summed E-state index contributed by atoms with van der Waals surface area (Å²) in [6, 6.07) is -0.880. The largest absolute Gasteiger partial charge is 0.480 e. The van der Waals surface area contributed by atoms with Crippen LogP contribution in [0.1, 0.15) is 90.9 Å². The van der Waals surface area contributed by atoms with Gasteiger partial charge in [0.05, 0.1) is 6.10 Å². The van der Waals surface area contributed by atoms with Crippen LogP contribution in [-0.2, 0) is 4.79 Å². The van der Waals surface area contributed by atoms with E-state index in [9.17, 15) is 9.90 Å². The Bertz CT molecular complexity index is 361. The van der Waals surface area contributed by atoms with E-state index in [4.69, 9.17) is 10.8 Å². The van der Waals surface area contributed by atoms with Gasteiger partial charge in [-0.1, -0.05) is 77.7 Å². The molecule has 0 radical (unpaired) electrons. The Hall–Kier alpha value is -0.520. The van der Waals surface area contributed by atoms with Crippen LogP contribution in [0, 0.1) is 0 Å². The van der Waals surface area contributed by atoms with E-state index in [2.05, 4.69) is 19.9 Å². The van der Waals surface area contributed by atoms with Crippen LogP contribution < -0.4 is 5.73 Å². The van der Waals surface area contributed by atoms with Gasteiger partial charge < -0.3 is 15.9 Å². The van der Waals surface area contributed by atoms with Gasteiger partial charge in [0.1, 0.15) is 6.04 Å². The van der Waals surface area contributed by atoms with Crippen molar-refractivity contribution in [3.05, 3.63) is 11.0 Å². The quantitative estimate of drug-likeness (QED) is 0.309. The summed E-state index contributed by atoms with van der Waals surface area (Å²) in [5.41, 5.74) is 5.58. The molecular weight excluding hydrogens is 334 g/mol. The molecule has 0 saturated carbocycles. The average Bonchev–Trinajstić information content (AvgIpc) is 2.60. The first-order valence-electron chi connectivity index (χ1n) is 10.0. The molecule has 0 aromatic rings. The maximum atomic E-state index is 10.9. The smallest absolute Gasteiger partial charge is 0.321 e. The molecule has 148 valence electrons. The van der Waals surface area contributed by atoms with Crippen LogP contribution in [0.25, 0.3) is 0 Å². The van der Waals surface area contributed by atoms with Crippen molar-refractivity contribution in [1.82, 2.24) is 0 Å². The third-order valence-corrected chi connectivity index (χ3v) is 5.61. The first-order chi connectivity index (χ1) is 12.0. The van der Waals surface area contributed by atoms with Crippen molar-refractivity contribution in [1.29, 1.82) is 0 Å². The van der Waals surface area contributed by atoms with Gasteiger partial charge in [-0.2, -0.15) is 0 Å². The lowest BCUT2D eigenvalue weighted by Gasteiger charge is -2.16. The number of rotatable bonds is 17. The number of carboxylic acids is 1. The number of unbranched alkanes of at least 4 members (excludes halogenated alkanes) is 9. The zero-order valence-electron chi connectivity index (χ0n) is 16.2. The predicted molar refractivity (Wildman–Crippen MR) is 109 cm³/mol. The first kappa shape index (κ1) is 24.5. The van der Waals surface area contributed by atoms with E-state index < -0.39 is 18.1 Å². The summed E-state index contributed by atoms with van der Waals surface area (Å²) >= 11 is 1.40. The monoisotopic (exact) mass is 373 g/mol. The molecule has 0 unspecified atom stereocenters. The molecule has 0 aliphatic carbocycles. The summed E-state index contributed by atoms with van der Waals surface area (Å²) in [5, 5.41) is 19.2. The van der Waals surface area contributed by atoms with Crippen molar-refractivity contribution >= 4 is 17.7 Å². The second-order valence-electron chi connectivity index (χ2n) is 6.78. The molecule has 25 heavy (non-hydrogen) atoms. The zero-order valence-corrected chi connectivity index (χ0v) is 17.0. The van der Waals surface area contributed by atoms with Crippen LogP contribution in [0.15, 0.2) is 11.0 Å². The lowest BCUT2D eigenvalue weighted by Crippen LogP contribution is -2.32. The van der Waals surface area contributed by atoms with Crippen LogP contribution in [0.2, 0.25) is 0 Å². The predicted octanol–water partition coefficient (Wildman–Crippen LogP) is 5.10. The van der Waals surface area contributed by atoms with Gasteiger partial charge in [0.25, 0.3) is 0 Å². The highest BCUT2D eigenvalue weighted by Gasteiger charge is 2.16. The number of allylic oxidation sites excluding steroid dienone is 1. The number of aliphatic hydroxyl groups is 1. The molecule has 0 heterocycles. The Morgan fingerprint density at radius 2 is 1.56 bits per heavy atom. The van der Waals surface area contributed by atoms with Gasteiger partial charge in [0.2, 0.25) is 0 Å². The highest BCUT2D eigenvalue weighted by Crippen LogP contribution is 2.25. The van der Waals surface area contributed by atoms with Crippen LogP contribution in [0.5, 0.6) is 0 Å². The standard InChI is InChI=1S/C20H39NO3S/c1-3-5-7-8-9-10-11-12-13-15-19(18(22)14-6-4-2)25-16-17(21)20(23)24/h15,17-18,22H,3-14,16,21H2,1-2H3,(H,23,24)/t17-,18-/m1/s1. The summed E-state index contributed by atoms with van der Waals surface area (Å²) in [4.78, 5) is 11.8. The van der Waals surface area contributed by atoms with E-state index in [0.29, 0.717) is 5.75 Å². The van der Waals surface area contributed by atoms with Crippen molar-refractivity contribution in [2.75, 3.05) is 5.75 Å². The SMILES string of the molecule is CCCCCCCCCCC=C(SC[C@@H](N)C(=O)O)[C@H](O)CCCC. The molecule has 0 amide bonds. The maximum absolute atomic E-state index is 10.9. The van der Waals surface area contributed by atoms with Crippen LogP contribution in [0.3, 0.4) is 0 Å². The van der Waals surface area contributed by atoms with E-state index in [-0.39, 0.29) is 0 Å². The van der Waals surface area contributed by atoms with Crippen molar-refractivity contribution in [3.63, 3.8) is 0 Å². The van der Waals surface area contributed by atoms with E-state index in [1.165, 1.54) is 56.7 Å². The number of carbonyl (C=O) groups is 1. The number of aliphatic carboxylic acids is 1. The fourth-order valence-corrected chi connectivity index (χ4v) is 3.67. The molecule has 5 heteroatoms. The Labute approximate surface area is 158 Å². The van der Waals surface area contributed by atoms with E-state index in [0.717, 1.165) is 37.0 Å². The van der Waals surface area contributed by atoms with Gasteiger partial charge in [-0.25, -0.2) is 0 Å². The number of nitrogens with two attached hydrogens (primary N) is 1. The summed E-state index contributed by atoms with van der Waals surface area (Å²) in [6.07, 6.45) is 15.6. The molecule has 4 N–H and O–H groups in total. The van der Waals surface area contributed by atoms with Crippen LogP contribution in [-0.4, -0.2) is 34.1 Å². The van der Waals surface area contributed by atoms with Gasteiger partial charge in [-0.05, 0) is 19.3 Å². The van der Waals surface area contributed by atoms with Gasteiger partial charge >= 0.3 is 5.97 Å². The summed E-state index contributed by atoms with van der Waals surface area (Å²) in [7, 11) is 0. The van der Waals surface area contributed by atoms with Crippen LogP contribution >= 0.6 is 11.8 Å². The topological polar surface area (TPSA) is 83.6 Å². The molecule has 0 rings (SSSR count). The molecule has 0 aliphatic rings. The normalized spacial score (nSPS) is 14.5. The zero-order chi connectivity index (χ0) is 18.9.